The van der Waals surface area contributed by atoms with Gasteiger partial charge in [0.05, 0.1) is 9.85 Å². The van der Waals surface area contributed by atoms with Gasteiger partial charge in [0.2, 0.25) is 0 Å². The van der Waals surface area contributed by atoms with Crippen LogP contribution in [0, 0.1) is 20.2 Å². The zero-order valence-electron chi connectivity index (χ0n) is 11.9. The van der Waals surface area contributed by atoms with Gasteiger partial charge in [0.25, 0.3) is 21.5 Å². The van der Waals surface area contributed by atoms with Crippen LogP contribution in [0.15, 0.2) is 47.4 Å². The summed E-state index contributed by atoms with van der Waals surface area (Å²) in [5.41, 5.74) is 0.0120. The first-order valence-corrected chi connectivity index (χ1v) is 7.81. The highest BCUT2D eigenvalue weighted by atomic mass is 32.2. The van der Waals surface area contributed by atoms with Gasteiger partial charge in [-0.2, -0.15) is 8.42 Å². The van der Waals surface area contributed by atoms with E-state index >= 15 is 0 Å². The van der Waals surface area contributed by atoms with Crippen LogP contribution in [-0.2, 0) is 10.1 Å². The van der Waals surface area contributed by atoms with Crippen LogP contribution in [0.25, 0.3) is 12.2 Å². The normalized spacial score (nSPS) is 11.5. The number of nitro benzene ring substituents is 2. The molecule has 2 aromatic rings. The van der Waals surface area contributed by atoms with E-state index in [1.165, 1.54) is 42.5 Å². The molecule has 0 saturated carbocycles. The first-order valence-electron chi connectivity index (χ1n) is 6.37. The van der Waals surface area contributed by atoms with Crippen molar-refractivity contribution in [3.63, 3.8) is 0 Å². The molecule has 0 saturated heterocycles. The molecule has 0 radical (unpaired) electrons. The summed E-state index contributed by atoms with van der Waals surface area (Å²) in [6, 6.07) is 8.50. The fourth-order valence-corrected chi connectivity index (χ4v) is 2.59. The quantitative estimate of drug-likeness (QED) is 0.378. The van der Waals surface area contributed by atoms with Crippen LogP contribution in [0.5, 0.6) is 0 Å². The molecule has 0 spiro atoms. The molecule has 9 nitrogen and oxygen atoms in total. The summed E-state index contributed by atoms with van der Waals surface area (Å²) in [4.78, 5) is 19.3. The summed E-state index contributed by atoms with van der Waals surface area (Å²) >= 11 is 0. The lowest BCUT2D eigenvalue weighted by Crippen LogP contribution is -2.02. The summed E-state index contributed by atoms with van der Waals surface area (Å²) in [5.74, 6) is 0. The monoisotopic (exact) mass is 350 g/mol. The predicted molar refractivity (Wildman–Crippen MR) is 84.9 cm³/mol. The van der Waals surface area contributed by atoms with Crippen molar-refractivity contribution in [3.05, 3.63) is 73.8 Å². The molecule has 124 valence electrons. The molecule has 0 amide bonds. The molecule has 0 fully saturated rings. The van der Waals surface area contributed by atoms with Crippen molar-refractivity contribution in [3.8, 4) is 0 Å². The van der Waals surface area contributed by atoms with Crippen LogP contribution in [0.3, 0.4) is 0 Å². The minimum atomic E-state index is -4.66. The van der Waals surface area contributed by atoms with E-state index in [1.54, 1.807) is 0 Å². The van der Waals surface area contributed by atoms with Crippen molar-refractivity contribution in [2.75, 3.05) is 0 Å². The predicted octanol–water partition coefficient (Wildman–Crippen LogP) is 2.92. The molecule has 0 aliphatic heterocycles. The standard InChI is InChI=1S/C14H10N2O7S/c17-15(18)12-6-2-10(3-7-12)1-4-11-5-8-13(16(19)20)9-14(11)24(21,22)23/h1-9H,(H,21,22,23). The number of nitrogens with zero attached hydrogens (tertiary/aromatic N) is 2. The molecule has 0 aliphatic rings. The second-order valence-corrected chi connectivity index (χ2v) is 6.03. The SMILES string of the molecule is O=[N+]([O-])c1ccc(C=Cc2ccc([N+](=O)[O-])cc2S(=O)(=O)O)cc1. The third-order valence-electron chi connectivity index (χ3n) is 3.05. The number of non-ortho nitro benzene ring substituents is 2. The lowest BCUT2D eigenvalue weighted by Gasteiger charge is -2.03. The highest BCUT2D eigenvalue weighted by Crippen LogP contribution is 2.24. The maximum Gasteiger partial charge on any atom is 0.295 e. The maximum atomic E-state index is 11.4. The van der Waals surface area contributed by atoms with Crippen molar-refractivity contribution in [1.82, 2.24) is 0 Å². The van der Waals surface area contributed by atoms with E-state index in [-0.39, 0.29) is 11.3 Å². The van der Waals surface area contributed by atoms with Crippen molar-refractivity contribution in [2.24, 2.45) is 0 Å². The van der Waals surface area contributed by atoms with Crippen LogP contribution < -0.4 is 0 Å². The summed E-state index contributed by atoms with van der Waals surface area (Å²) in [6.45, 7) is 0. The highest BCUT2D eigenvalue weighted by molar-refractivity contribution is 7.86. The van der Waals surface area contributed by atoms with Crippen molar-refractivity contribution >= 4 is 33.6 Å². The van der Waals surface area contributed by atoms with Crippen LogP contribution in [-0.4, -0.2) is 22.8 Å². The third kappa shape index (κ3) is 4.00. The number of hydrogen-bond donors (Lipinski definition) is 1. The molecule has 0 aliphatic carbocycles. The summed E-state index contributed by atoms with van der Waals surface area (Å²) in [7, 11) is -4.66. The maximum absolute atomic E-state index is 11.4. The van der Waals surface area contributed by atoms with Gasteiger partial charge in [-0.15, -0.1) is 0 Å². The Balaban J connectivity index is 2.41. The second-order valence-electron chi connectivity index (χ2n) is 4.64. The molecule has 0 bridgehead atoms. The van der Waals surface area contributed by atoms with Crippen LogP contribution in [0.1, 0.15) is 11.1 Å². The van der Waals surface area contributed by atoms with Crippen LogP contribution in [0.2, 0.25) is 0 Å². The summed E-state index contributed by atoms with van der Waals surface area (Å²) in [5, 5.41) is 21.3. The second kappa shape index (κ2) is 6.56. The van der Waals surface area contributed by atoms with Gasteiger partial charge >= 0.3 is 0 Å². The van der Waals surface area contributed by atoms with Gasteiger partial charge in [0, 0.05) is 24.3 Å². The van der Waals surface area contributed by atoms with Gasteiger partial charge in [-0.25, -0.2) is 0 Å². The lowest BCUT2D eigenvalue weighted by molar-refractivity contribution is -0.385. The Labute approximate surface area is 135 Å². The Hall–Kier alpha value is -3.11. The van der Waals surface area contributed by atoms with Gasteiger partial charge in [-0.05, 0) is 29.3 Å². The number of rotatable bonds is 5. The number of benzene rings is 2. The van der Waals surface area contributed by atoms with Gasteiger partial charge < -0.3 is 0 Å². The van der Waals surface area contributed by atoms with Gasteiger partial charge in [0.1, 0.15) is 4.90 Å². The first-order chi connectivity index (χ1) is 11.2. The molecule has 10 heteroatoms. The van der Waals surface area contributed by atoms with E-state index in [0.29, 0.717) is 5.56 Å². The van der Waals surface area contributed by atoms with Gasteiger partial charge in [-0.1, -0.05) is 12.2 Å². The summed E-state index contributed by atoms with van der Waals surface area (Å²) < 4.78 is 32.0. The largest absolute Gasteiger partial charge is 0.295 e. The van der Waals surface area contributed by atoms with Crippen LogP contribution >= 0.6 is 0 Å². The Morgan fingerprint density at radius 2 is 1.42 bits per heavy atom. The van der Waals surface area contributed by atoms with E-state index in [4.69, 9.17) is 0 Å². The topological polar surface area (TPSA) is 141 Å². The Morgan fingerprint density at radius 1 is 0.875 bits per heavy atom. The fraction of sp³-hybridized carbons (Fsp3) is 0. The first kappa shape index (κ1) is 17.2. The highest BCUT2D eigenvalue weighted by Gasteiger charge is 2.18. The smallest absolute Gasteiger partial charge is 0.282 e. The number of nitro groups is 2. The molecular formula is C14H10N2O7S. The third-order valence-corrected chi connectivity index (χ3v) is 3.95. The molecule has 0 aromatic heterocycles. The lowest BCUT2D eigenvalue weighted by atomic mass is 10.1. The average molecular weight is 350 g/mol. The van der Waals surface area contributed by atoms with Crippen molar-refractivity contribution in [2.45, 2.75) is 4.90 Å². The van der Waals surface area contributed by atoms with Crippen molar-refractivity contribution in [1.29, 1.82) is 0 Å². The van der Waals surface area contributed by atoms with E-state index in [1.807, 2.05) is 0 Å². The molecular weight excluding hydrogens is 340 g/mol. The van der Waals surface area contributed by atoms with E-state index < -0.39 is 30.5 Å². The fourth-order valence-electron chi connectivity index (χ4n) is 1.89. The zero-order chi connectivity index (χ0) is 17.9. The van der Waals surface area contributed by atoms with E-state index in [9.17, 15) is 33.2 Å². The minimum absolute atomic E-state index is 0.0430. The molecule has 24 heavy (non-hydrogen) atoms. The minimum Gasteiger partial charge on any atom is -0.282 e. The Morgan fingerprint density at radius 3 is 1.92 bits per heavy atom. The summed E-state index contributed by atoms with van der Waals surface area (Å²) in [6.07, 6.45) is 2.79. The average Bonchev–Trinajstić information content (AvgIpc) is 2.52. The van der Waals surface area contributed by atoms with Crippen molar-refractivity contribution < 1.29 is 22.8 Å². The van der Waals surface area contributed by atoms with Gasteiger partial charge in [-0.3, -0.25) is 24.8 Å². The molecule has 2 rings (SSSR count). The molecule has 1 N–H and O–H groups in total. The molecule has 2 aromatic carbocycles. The molecule has 0 heterocycles. The molecule has 0 atom stereocenters. The Bertz CT molecular complexity index is 934. The van der Waals surface area contributed by atoms with Gasteiger partial charge in [0.15, 0.2) is 0 Å². The molecule has 0 unspecified atom stereocenters. The Kier molecular flexibility index (Phi) is 4.71. The van der Waals surface area contributed by atoms with E-state index in [2.05, 4.69) is 0 Å². The van der Waals surface area contributed by atoms with Crippen LogP contribution in [0.4, 0.5) is 11.4 Å². The number of hydrogen-bond acceptors (Lipinski definition) is 6. The van der Waals surface area contributed by atoms with E-state index in [0.717, 1.165) is 12.1 Å². The zero-order valence-corrected chi connectivity index (χ0v) is 12.7.